The first-order chi connectivity index (χ1) is 6.02. The van der Waals surface area contributed by atoms with Crippen LogP contribution in [0.15, 0.2) is 0 Å². The van der Waals surface area contributed by atoms with Crippen molar-refractivity contribution in [3.8, 4) is 0 Å². The topological polar surface area (TPSA) is 63.2 Å². The molecule has 78 valence electrons. The van der Waals surface area contributed by atoms with Gasteiger partial charge in [0.15, 0.2) is 0 Å². The fourth-order valence-electron chi connectivity index (χ4n) is 0.919. The second-order valence-corrected chi connectivity index (χ2v) is 5.38. The zero-order valence-electron chi connectivity index (χ0n) is 8.17. The van der Waals surface area contributed by atoms with Crippen molar-refractivity contribution < 1.29 is 13.2 Å². The highest BCUT2D eigenvalue weighted by atomic mass is 32.2. The lowest BCUT2D eigenvalue weighted by Crippen LogP contribution is -2.19. The van der Waals surface area contributed by atoms with Crippen LogP contribution in [0.1, 0.15) is 19.8 Å². The SMILES string of the molecule is CCS(=O)(=O)CCCC(=O)CNC. The number of sulfone groups is 1. The summed E-state index contributed by atoms with van der Waals surface area (Å²) in [4.78, 5) is 11.0. The van der Waals surface area contributed by atoms with Gasteiger partial charge in [0.1, 0.15) is 15.6 Å². The van der Waals surface area contributed by atoms with Crippen molar-refractivity contribution in [3.63, 3.8) is 0 Å². The minimum Gasteiger partial charge on any atom is -0.313 e. The summed E-state index contributed by atoms with van der Waals surface area (Å²) in [6.07, 6.45) is 0.788. The first-order valence-corrected chi connectivity index (χ1v) is 6.20. The second kappa shape index (κ2) is 6.10. The predicted molar refractivity (Wildman–Crippen MR) is 52.5 cm³/mol. The van der Waals surface area contributed by atoms with Gasteiger partial charge in [-0.3, -0.25) is 4.79 Å². The molecular weight excluding hydrogens is 190 g/mol. The van der Waals surface area contributed by atoms with Gasteiger partial charge in [-0.2, -0.15) is 0 Å². The highest BCUT2D eigenvalue weighted by molar-refractivity contribution is 7.91. The van der Waals surface area contributed by atoms with Crippen LogP contribution in [0.5, 0.6) is 0 Å². The van der Waals surface area contributed by atoms with Crippen molar-refractivity contribution in [2.75, 3.05) is 25.1 Å². The second-order valence-electron chi connectivity index (χ2n) is 2.91. The molecule has 0 aromatic rings. The molecule has 0 atom stereocenters. The molecule has 0 unspecified atom stereocenters. The van der Waals surface area contributed by atoms with E-state index < -0.39 is 9.84 Å². The van der Waals surface area contributed by atoms with Gasteiger partial charge in [-0.25, -0.2) is 8.42 Å². The van der Waals surface area contributed by atoms with Crippen LogP contribution in [-0.2, 0) is 14.6 Å². The van der Waals surface area contributed by atoms with E-state index in [1.807, 2.05) is 0 Å². The van der Waals surface area contributed by atoms with Gasteiger partial charge in [0, 0.05) is 12.2 Å². The molecule has 0 saturated carbocycles. The summed E-state index contributed by atoms with van der Waals surface area (Å²) in [5.41, 5.74) is 0. The number of Topliss-reactive ketones (excluding diaryl/α,β-unsaturated/α-hetero) is 1. The summed E-state index contributed by atoms with van der Waals surface area (Å²) in [5, 5.41) is 2.73. The van der Waals surface area contributed by atoms with Gasteiger partial charge in [-0.1, -0.05) is 6.92 Å². The van der Waals surface area contributed by atoms with Gasteiger partial charge in [0.2, 0.25) is 0 Å². The molecule has 0 aliphatic rings. The highest BCUT2D eigenvalue weighted by Crippen LogP contribution is 1.97. The van der Waals surface area contributed by atoms with Gasteiger partial charge in [-0.15, -0.1) is 0 Å². The van der Waals surface area contributed by atoms with E-state index in [0.29, 0.717) is 19.4 Å². The van der Waals surface area contributed by atoms with Crippen LogP contribution in [0.25, 0.3) is 0 Å². The molecule has 0 heterocycles. The number of carbonyl (C=O) groups is 1. The fraction of sp³-hybridized carbons (Fsp3) is 0.875. The standard InChI is InChI=1S/C8H17NO3S/c1-3-13(11,12)6-4-5-8(10)7-9-2/h9H,3-7H2,1-2H3. The Kier molecular flexibility index (Phi) is 5.90. The Hall–Kier alpha value is -0.420. The third-order valence-corrected chi connectivity index (χ3v) is 3.52. The molecule has 0 aliphatic carbocycles. The van der Waals surface area contributed by atoms with Gasteiger partial charge >= 0.3 is 0 Å². The normalized spacial score (nSPS) is 11.5. The van der Waals surface area contributed by atoms with Crippen LogP contribution in [-0.4, -0.2) is 39.3 Å². The molecule has 0 aromatic heterocycles. The molecule has 0 saturated heterocycles. The summed E-state index contributed by atoms with van der Waals surface area (Å²) in [5.74, 6) is 0.348. The van der Waals surface area contributed by atoms with Crippen LogP contribution < -0.4 is 5.32 Å². The number of rotatable bonds is 7. The van der Waals surface area contributed by atoms with Crippen LogP contribution in [0.3, 0.4) is 0 Å². The van der Waals surface area contributed by atoms with E-state index in [1.54, 1.807) is 14.0 Å². The van der Waals surface area contributed by atoms with Crippen molar-refractivity contribution in [1.29, 1.82) is 0 Å². The molecule has 1 N–H and O–H groups in total. The molecule has 0 bridgehead atoms. The average Bonchev–Trinajstić information content (AvgIpc) is 2.05. The van der Waals surface area contributed by atoms with Gasteiger partial charge in [0.25, 0.3) is 0 Å². The van der Waals surface area contributed by atoms with E-state index in [4.69, 9.17) is 0 Å². The van der Waals surface area contributed by atoms with E-state index in [-0.39, 0.29) is 17.3 Å². The van der Waals surface area contributed by atoms with Gasteiger partial charge in [0.05, 0.1) is 12.3 Å². The molecule has 0 aromatic carbocycles. The van der Waals surface area contributed by atoms with Crippen molar-refractivity contribution in [2.45, 2.75) is 19.8 Å². The molecule has 0 rings (SSSR count). The maximum Gasteiger partial charge on any atom is 0.150 e. The Morgan fingerprint density at radius 3 is 2.46 bits per heavy atom. The Morgan fingerprint density at radius 1 is 1.38 bits per heavy atom. The molecular formula is C8H17NO3S. The Bertz CT molecular complexity index is 246. The zero-order chi connectivity index (χ0) is 10.3. The number of carbonyl (C=O) groups excluding carboxylic acids is 1. The van der Waals surface area contributed by atoms with E-state index >= 15 is 0 Å². The number of ketones is 1. The number of hydrogen-bond acceptors (Lipinski definition) is 4. The number of likely N-dealkylation sites (N-methyl/N-ethyl adjacent to an activating group) is 1. The highest BCUT2D eigenvalue weighted by Gasteiger charge is 2.08. The van der Waals surface area contributed by atoms with E-state index in [2.05, 4.69) is 5.32 Å². The first kappa shape index (κ1) is 12.6. The average molecular weight is 207 g/mol. The Morgan fingerprint density at radius 2 is 2.00 bits per heavy atom. The van der Waals surface area contributed by atoms with Gasteiger partial charge in [-0.05, 0) is 13.5 Å². The predicted octanol–water partition coefficient (Wildman–Crippen LogP) is -0.0102. The molecule has 13 heavy (non-hydrogen) atoms. The first-order valence-electron chi connectivity index (χ1n) is 4.38. The molecule has 0 radical (unpaired) electrons. The summed E-state index contributed by atoms with van der Waals surface area (Å²) >= 11 is 0. The van der Waals surface area contributed by atoms with Crippen LogP contribution in [0, 0.1) is 0 Å². The molecule has 0 fully saturated rings. The minimum atomic E-state index is -2.90. The van der Waals surface area contributed by atoms with Crippen molar-refractivity contribution in [1.82, 2.24) is 5.32 Å². The largest absolute Gasteiger partial charge is 0.313 e. The number of hydrogen-bond donors (Lipinski definition) is 1. The van der Waals surface area contributed by atoms with Crippen LogP contribution >= 0.6 is 0 Å². The number of nitrogens with one attached hydrogen (secondary N) is 1. The summed E-state index contributed by atoms with van der Waals surface area (Å²) in [7, 11) is -1.21. The third kappa shape index (κ3) is 6.72. The van der Waals surface area contributed by atoms with Crippen LogP contribution in [0.2, 0.25) is 0 Å². The Balaban J connectivity index is 3.62. The molecule has 4 nitrogen and oxygen atoms in total. The maximum atomic E-state index is 11.0. The minimum absolute atomic E-state index is 0.0637. The summed E-state index contributed by atoms with van der Waals surface area (Å²) in [6, 6.07) is 0. The molecule has 0 amide bonds. The lowest BCUT2D eigenvalue weighted by molar-refractivity contribution is -0.118. The molecule has 0 spiro atoms. The molecule has 5 heteroatoms. The van der Waals surface area contributed by atoms with Crippen molar-refractivity contribution in [3.05, 3.63) is 0 Å². The summed E-state index contributed by atoms with van der Waals surface area (Å²) < 4.78 is 22.0. The van der Waals surface area contributed by atoms with E-state index in [0.717, 1.165) is 0 Å². The van der Waals surface area contributed by atoms with E-state index in [1.165, 1.54) is 0 Å². The quantitative estimate of drug-likeness (QED) is 0.638. The zero-order valence-corrected chi connectivity index (χ0v) is 8.99. The lowest BCUT2D eigenvalue weighted by atomic mass is 10.2. The Labute approximate surface area is 79.6 Å². The lowest BCUT2D eigenvalue weighted by Gasteiger charge is -2.00. The molecule has 0 aliphatic heterocycles. The smallest absolute Gasteiger partial charge is 0.150 e. The van der Waals surface area contributed by atoms with Crippen molar-refractivity contribution in [2.24, 2.45) is 0 Å². The fourth-order valence-corrected chi connectivity index (χ4v) is 1.79. The van der Waals surface area contributed by atoms with Crippen LogP contribution in [0.4, 0.5) is 0 Å². The maximum absolute atomic E-state index is 11.0. The van der Waals surface area contributed by atoms with Gasteiger partial charge < -0.3 is 5.32 Å². The van der Waals surface area contributed by atoms with E-state index in [9.17, 15) is 13.2 Å². The monoisotopic (exact) mass is 207 g/mol. The van der Waals surface area contributed by atoms with Crippen molar-refractivity contribution >= 4 is 15.6 Å². The summed E-state index contributed by atoms with van der Waals surface area (Å²) in [6.45, 7) is 1.94. The third-order valence-electron chi connectivity index (χ3n) is 1.72.